The lowest BCUT2D eigenvalue weighted by molar-refractivity contribution is 0.0443. The van der Waals surface area contributed by atoms with Crippen molar-refractivity contribution in [3.63, 3.8) is 0 Å². The van der Waals surface area contributed by atoms with Gasteiger partial charge in [0.05, 0.1) is 11.1 Å². The Hall–Kier alpha value is -3.64. The molecule has 0 saturated heterocycles. The van der Waals surface area contributed by atoms with E-state index in [1.54, 1.807) is 12.1 Å². The number of terminal acetylenes is 1. The van der Waals surface area contributed by atoms with Crippen molar-refractivity contribution in [3.05, 3.63) is 83.4 Å². The number of ether oxygens (including phenoxy) is 1. The lowest BCUT2D eigenvalue weighted by Crippen LogP contribution is -2.00. The summed E-state index contributed by atoms with van der Waals surface area (Å²) >= 11 is 0. The first-order chi connectivity index (χ1) is 12.2. The molecule has 118 valence electrons. The van der Waals surface area contributed by atoms with E-state index < -0.39 is 11.9 Å². The Labute approximate surface area is 144 Å². The molecule has 25 heavy (non-hydrogen) atoms. The Morgan fingerprint density at radius 1 is 0.720 bits per heavy atom. The molecule has 0 fully saturated rings. The fourth-order valence-electron chi connectivity index (χ4n) is 3.06. The van der Waals surface area contributed by atoms with Crippen LogP contribution in [0.25, 0.3) is 22.3 Å². The number of hydrogen-bond donors (Lipinski definition) is 0. The topological polar surface area (TPSA) is 43.4 Å². The molecule has 0 aliphatic carbocycles. The van der Waals surface area contributed by atoms with Gasteiger partial charge in [0.25, 0.3) is 0 Å². The number of cyclic esters (lactones) is 2. The van der Waals surface area contributed by atoms with Gasteiger partial charge < -0.3 is 4.74 Å². The largest absolute Gasteiger partial charge is 0.386 e. The molecule has 3 heteroatoms. The second kappa shape index (κ2) is 5.77. The highest BCUT2D eigenvalue weighted by atomic mass is 16.6. The number of carbonyl (C=O) groups is 2. The molecule has 0 saturated carbocycles. The third kappa shape index (κ3) is 2.41. The Balaban J connectivity index is 1.90. The van der Waals surface area contributed by atoms with E-state index in [1.807, 2.05) is 54.6 Å². The molecule has 3 nitrogen and oxygen atoms in total. The average Bonchev–Trinajstić information content (AvgIpc) is 2.96. The van der Waals surface area contributed by atoms with Gasteiger partial charge in [0.15, 0.2) is 0 Å². The van der Waals surface area contributed by atoms with Gasteiger partial charge in [-0.05, 0) is 34.4 Å². The van der Waals surface area contributed by atoms with Crippen molar-refractivity contribution in [2.75, 3.05) is 0 Å². The van der Waals surface area contributed by atoms with E-state index in [9.17, 15) is 9.59 Å². The van der Waals surface area contributed by atoms with Crippen molar-refractivity contribution in [2.45, 2.75) is 0 Å². The van der Waals surface area contributed by atoms with Crippen molar-refractivity contribution < 1.29 is 14.3 Å². The van der Waals surface area contributed by atoms with Gasteiger partial charge in [0.2, 0.25) is 0 Å². The molecule has 1 aliphatic heterocycles. The summed E-state index contributed by atoms with van der Waals surface area (Å²) in [6.45, 7) is 0. The first-order valence-electron chi connectivity index (χ1n) is 7.75. The molecule has 3 aromatic rings. The highest BCUT2D eigenvalue weighted by molar-refractivity contribution is 6.17. The minimum Gasteiger partial charge on any atom is -0.386 e. The minimum absolute atomic E-state index is 0.176. The summed E-state index contributed by atoms with van der Waals surface area (Å²) < 4.78 is 4.68. The molecule has 0 N–H and O–H groups in total. The standard InChI is InChI=1S/C22H12O3/c1-2-17-18(11-12-19-20(17)22(24)25-21(19)23)16-10-6-9-15(13-16)14-7-4-3-5-8-14/h1,3-13H. The van der Waals surface area contributed by atoms with E-state index in [4.69, 9.17) is 6.42 Å². The molecular weight excluding hydrogens is 312 g/mol. The zero-order chi connectivity index (χ0) is 17.4. The summed E-state index contributed by atoms with van der Waals surface area (Å²) in [6.07, 6.45) is 5.65. The summed E-state index contributed by atoms with van der Waals surface area (Å²) in [7, 11) is 0. The van der Waals surface area contributed by atoms with Crippen LogP contribution in [0.3, 0.4) is 0 Å². The predicted molar refractivity (Wildman–Crippen MR) is 95.0 cm³/mol. The normalized spacial score (nSPS) is 12.4. The number of esters is 2. The SMILES string of the molecule is C#Cc1c(-c2cccc(-c3ccccc3)c2)ccc2c1C(=O)OC2=O. The van der Waals surface area contributed by atoms with Crippen LogP contribution < -0.4 is 0 Å². The number of rotatable bonds is 2. The Bertz CT molecular complexity index is 1060. The molecule has 1 heterocycles. The fraction of sp³-hybridized carbons (Fsp3) is 0. The second-order valence-corrected chi connectivity index (χ2v) is 5.68. The molecule has 1 aliphatic rings. The Morgan fingerprint density at radius 3 is 2.16 bits per heavy atom. The molecule has 0 bridgehead atoms. The van der Waals surface area contributed by atoms with Crippen molar-refractivity contribution in [1.82, 2.24) is 0 Å². The molecule has 0 atom stereocenters. The van der Waals surface area contributed by atoms with Crippen LogP contribution in [0.4, 0.5) is 0 Å². The molecule has 0 aromatic heterocycles. The van der Waals surface area contributed by atoms with Crippen LogP contribution in [0, 0.1) is 12.3 Å². The van der Waals surface area contributed by atoms with E-state index in [-0.39, 0.29) is 11.1 Å². The Kier molecular flexibility index (Phi) is 3.45. The number of fused-ring (bicyclic) bond motifs is 1. The summed E-state index contributed by atoms with van der Waals surface area (Å²) in [5.74, 6) is 1.21. The molecule has 0 radical (unpaired) electrons. The van der Waals surface area contributed by atoms with Gasteiger partial charge in [-0.2, -0.15) is 0 Å². The van der Waals surface area contributed by atoms with Crippen LogP contribution in [0.1, 0.15) is 26.3 Å². The van der Waals surface area contributed by atoms with E-state index in [1.165, 1.54) is 0 Å². The number of hydrogen-bond acceptors (Lipinski definition) is 3. The van der Waals surface area contributed by atoms with Crippen molar-refractivity contribution in [3.8, 4) is 34.6 Å². The van der Waals surface area contributed by atoms with Gasteiger partial charge in [-0.15, -0.1) is 6.42 Å². The molecule has 4 rings (SSSR count). The monoisotopic (exact) mass is 324 g/mol. The van der Waals surface area contributed by atoms with Crippen molar-refractivity contribution in [2.24, 2.45) is 0 Å². The number of benzene rings is 3. The van der Waals surface area contributed by atoms with E-state index in [2.05, 4.69) is 10.7 Å². The van der Waals surface area contributed by atoms with Gasteiger partial charge in [0, 0.05) is 5.56 Å². The van der Waals surface area contributed by atoms with Gasteiger partial charge >= 0.3 is 11.9 Å². The Morgan fingerprint density at radius 2 is 1.40 bits per heavy atom. The maximum absolute atomic E-state index is 12.0. The molecule has 0 amide bonds. The average molecular weight is 324 g/mol. The van der Waals surface area contributed by atoms with Crippen molar-refractivity contribution >= 4 is 11.9 Å². The van der Waals surface area contributed by atoms with E-state index >= 15 is 0 Å². The summed E-state index contributed by atoms with van der Waals surface area (Å²) in [6, 6.07) is 21.2. The maximum atomic E-state index is 12.0. The smallest absolute Gasteiger partial charge is 0.348 e. The van der Waals surface area contributed by atoms with Gasteiger partial charge in [-0.1, -0.05) is 60.5 Å². The summed E-state index contributed by atoms with van der Waals surface area (Å²) in [5.41, 5.74) is 4.52. The first kappa shape index (κ1) is 14.9. The van der Waals surface area contributed by atoms with Gasteiger partial charge in [-0.3, -0.25) is 0 Å². The highest BCUT2D eigenvalue weighted by Gasteiger charge is 2.33. The van der Waals surface area contributed by atoms with Crippen LogP contribution >= 0.6 is 0 Å². The fourth-order valence-corrected chi connectivity index (χ4v) is 3.06. The minimum atomic E-state index is -0.686. The van der Waals surface area contributed by atoms with Crippen LogP contribution in [0.2, 0.25) is 0 Å². The quantitative estimate of drug-likeness (QED) is 0.401. The zero-order valence-electron chi connectivity index (χ0n) is 13.2. The third-order valence-electron chi connectivity index (χ3n) is 4.24. The lowest BCUT2D eigenvalue weighted by Gasteiger charge is -2.10. The van der Waals surface area contributed by atoms with Crippen LogP contribution in [-0.4, -0.2) is 11.9 Å². The van der Waals surface area contributed by atoms with E-state index in [0.717, 1.165) is 22.3 Å². The second-order valence-electron chi connectivity index (χ2n) is 5.68. The highest BCUT2D eigenvalue weighted by Crippen LogP contribution is 2.33. The molecule has 3 aromatic carbocycles. The molecular formula is C22H12O3. The molecule has 0 unspecified atom stereocenters. The maximum Gasteiger partial charge on any atom is 0.348 e. The van der Waals surface area contributed by atoms with Crippen LogP contribution in [0.15, 0.2) is 66.7 Å². The first-order valence-corrected chi connectivity index (χ1v) is 7.75. The molecule has 0 spiro atoms. The lowest BCUT2D eigenvalue weighted by atomic mass is 9.91. The summed E-state index contributed by atoms with van der Waals surface area (Å²) in [4.78, 5) is 23.7. The summed E-state index contributed by atoms with van der Waals surface area (Å²) in [5, 5.41) is 0. The van der Waals surface area contributed by atoms with Crippen LogP contribution in [-0.2, 0) is 4.74 Å². The zero-order valence-corrected chi connectivity index (χ0v) is 13.2. The van der Waals surface area contributed by atoms with Gasteiger partial charge in [0.1, 0.15) is 0 Å². The van der Waals surface area contributed by atoms with Crippen LogP contribution in [0.5, 0.6) is 0 Å². The van der Waals surface area contributed by atoms with Gasteiger partial charge in [-0.25, -0.2) is 9.59 Å². The third-order valence-corrected chi connectivity index (χ3v) is 4.24. The van der Waals surface area contributed by atoms with E-state index in [0.29, 0.717) is 5.56 Å². The predicted octanol–water partition coefficient (Wildman–Crippen LogP) is 4.31. The number of carbonyl (C=O) groups excluding carboxylic acids is 2. The van der Waals surface area contributed by atoms with Crippen molar-refractivity contribution in [1.29, 1.82) is 0 Å².